The Bertz CT molecular complexity index is 1200. The minimum atomic E-state index is -2.03. The monoisotopic (exact) mass is 636 g/mol. The molecule has 4 rings (SSSR count). The molecule has 0 aliphatic carbocycles. The second kappa shape index (κ2) is 15.1. The van der Waals surface area contributed by atoms with Gasteiger partial charge in [-0.3, -0.25) is 0 Å². The maximum absolute atomic E-state index is 13.7. The van der Waals surface area contributed by atoms with Crippen LogP contribution in [-0.2, 0) is 0 Å². The van der Waals surface area contributed by atoms with E-state index in [0.717, 1.165) is 16.6 Å². The van der Waals surface area contributed by atoms with Crippen LogP contribution >= 0.6 is 0 Å². The molecule has 0 atom stereocenters. The fourth-order valence-corrected chi connectivity index (χ4v) is 5.47. The van der Waals surface area contributed by atoms with Crippen molar-refractivity contribution in [1.82, 2.24) is 0 Å². The SMILES string of the molecule is CCOc1ccc(-c2ccc[se]2)c(F)c1F.CCOc1ccc(B(O)O)c(F)c1F.Cc1ccc[se]1. The zero-order chi connectivity index (χ0) is 26.7. The van der Waals surface area contributed by atoms with Gasteiger partial charge in [0.1, 0.15) is 0 Å². The van der Waals surface area contributed by atoms with Gasteiger partial charge in [-0.1, -0.05) is 6.07 Å². The molecule has 0 aliphatic rings. The Hall–Kier alpha value is -2.26. The van der Waals surface area contributed by atoms with Crippen LogP contribution in [0.15, 0.2) is 58.4 Å². The van der Waals surface area contributed by atoms with Crippen molar-refractivity contribution in [3.8, 4) is 21.5 Å². The molecule has 4 aromatic rings. The number of aryl methyl sites for hydroxylation is 1. The summed E-state index contributed by atoms with van der Waals surface area (Å²) in [5, 5.41) is 17.3. The first-order chi connectivity index (χ1) is 17.2. The molecule has 36 heavy (non-hydrogen) atoms. The second-order valence-electron chi connectivity index (χ2n) is 6.96. The van der Waals surface area contributed by atoms with Gasteiger partial charge in [0, 0.05) is 5.46 Å². The predicted molar refractivity (Wildman–Crippen MR) is 135 cm³/mol. The molecule has 0 fully saturated rings. The third kappa shape index (κ3) is 8.41. The molecule has 0 aliphatic heterocycles. The average molecular weight is 634 g/mol. The Morgan fingerprint density at radius 2 is 1.28 bits per heavy atom. The molecule has 0 unspecified atom stereocenters. The van der Waals surface area contributed by atoms with E-state index in [1.165, 1.54) is 10.5 Å². The molecular formula is C25H25BF4O4Se2. The van der Waals surface area contributed by atoms with Gasteiger partial charge in [0.05, 0.1) is 6.61 Å². The van der Waals surface area contributed by atoms with Crippen LogP contribution in [0, 0.1) is 30.2 Å². The van der Waals surface area contributed by atoms with Crippen LogP contribution in [0.1, 0.15) is 18.3 Å². The van der Waals surface area contributed by atoms with Crippen LogP contribution in [0.3, 0.4) is 0 Å². The summed E-state index contributed by atoms with van der Waals surface area (Å²) in [4.78, 5) is 4.19. The van der Waals surface area contributed by atoms with Gasteiger partial charge < -0.3 is 14.8 Å². The van der Waals surface area contributed by atoms with Crippen LogP contribution in [-0.4, -0.2) is 59.4 Å². The van der Waals surface area contributed by atoms with Gasteiger partial charge in [0.25, 0.3) is 0 Å². The normalized spacial score (nSPS) is 10.0. The first-order valence-electron chi connectivity index (χ1n) is 10.8. The standard InChI is InChI=1S/C12H10F2OSe.C8H9BF2O3.C5H6Se/c1-2-15-9-6-5-8(11(13)12(9)14)10-4-3-7-16-10;1-2-14-6-4-3-5(9(12)13)7(10)8(6)11;1-5-3-2-4-6-5/h3-7H,2H2,1H3;3-4,12-13H,2H2,1H3;2-4H,1H3. The molecule has 0 radical (unpaired) electrons. The molecule has 2 aromatic heterocycles. The zero-order valence-electron chi connectivity index (χ0n) is 19.8. The zero-order valence-corrected chi connectivity index (χ0v) is 23.2. The summed E-state index contributed by atoms with van der Waals surface area (Å²) in [5.41, 5.74) is -0.170. The van der Waals surface area contributed by atoms with E-state index in [0.29, 0.717) is 26.7 Å². The summed E-state index contributed by atoms with van der Waals surface area (Å²) >= 11 is 0.806. The van der Waals surface area contributed by atoms with Crippen molar-refractivity contribution in [1.29, 1.82) is 0 Å². The average Bonchev–Trinajstić information content (AvgIpc) is 3.55. The van der Waals surface area contributed by atoms with Crippen molar-refractivity contribution < 1.29 is 37.1 Å². The second-order valence-corrected chi connectivity index (χ2v) is 11.4. The van der Waals surface area contributed by atoms with Gasteiger partial charge in [-0.25, -0.2) is 4.39 Å². The van der Waals surface area contributed by atoms with Gasteiger partial charge in [-0.2, -0.15) is 4.39 Å². The van der Waals surface area contributed by atoms with E-state index in [1.807, 2.05) is 17.1 Å². The van der Waals surface area contributed by atoms with E-state index < -0.39 is 35.9 Å². The van der Waals surface area contributed by atoms with E-state index in [4.69, 9.17) is 19.5 Å². The molecule has 0 amide bonds. The minimum absolute atomic E-state index is 0.0252. The fourth-order valence-electron chi connectivity index (χ4n) is 2.79. The van der Waals surface area contributed by atoms with Crippen molar-refractivity contribution in [2.45, 2.75) is 20.8 Å². The Morgan fingerprint density at radius 1 is 0.722 bits per heavy atom. The first kappa shape index (κ1) is 30.0. The van der Waals surface area contributed by atoms with Gasteiger partial charge in [-0.15, -0.1) is 0 Å². The predicted octanol–water partition coefficient (Wildman–Crippen LogP) is 4.18. The van der Waals surface area contributed by atoms with E-state index in [2.05, 4.69) is 24.0 Å². The van der Waals surface area contributed by atoms with Crippen molar-refractivity contribution >= 4 is 41.6 Å². The summed E-state index contributed by atoms with van der Waals surface area (Å²) < 4.78 is 65.6. The molecule has 0 saturated heterocycles. The van der Waals surface area contributed by atoms with Crippen LogP contribution < -0.4 is 14.9 Å². The quantitative estimate of drug-likeness (QED) is 0.247. The Morgan fingerprint density at radius 3 is 1.72 bits per heavy atom. The molecule has 192 valence electrons. The summed E-state index contributed by atoms with van der Waals surface area (Å²) in [6.45, 7) is 6.06. The Labute approximate surface area is 219 Å². The van der Waals surface area contributed by atoms with E-state index in [1.54, 1.807) is 19.9 Å². The van der Waals surface area contributed by atoms with Gasteiger partial charge in [0.2, 0.25) is 0 Å². The van der Waals surface area contributed by atoms with Gasteiger partial charge in [-0.05, 0) is 13.0 Å². The molecule has 2 aromatic carbocycles. The third-order valence-corrected chi connectivity index (χ3v) is 8.03. The Kier molecular flexibility index (Phi) is 12.6. The van der Waals surface area contributed by atoms with Crippen LogP contribution in [0.2, 0.25) is 0 Å². The van der Waals surface area contributed by atoms with Gasteiger partial charge >= 0.3 is 148 Å². The Balaban J connectivity index is 0.000000208. The fraction of sp³-hybridized carbons (Fsp3) is 0.200. The van der Waals surface area contributed by atoms with Crippen molar-refractivity contribution in [2.24, 2.45) is 0 Å². The first-order valence-corrected chi connectivity index (χ1v) is 14.5. The number of ether oxygens (including phenoxy) is 2. The number of hydrogen-bond acceptors (Lipinski definition) is 4. The van der Waals surface area contributed by atoms with Crippen molar-refractivity contribution in [2.75, 3.05) is 13.2 Å². The molecular weight excluding hydrogens is 609 g/mol. The van der Waals surface area contributed by atoms with Crippen molar-refractivity contribution in [3.05, 3.63) is 86.1 Å². The third-order valence-electron chi connectivity index (χ3n) is 4.45. The summed E-state index contributed by atoms with van der Waals surface area (Å²) in [6.07, 6.45) is 0. The molecule has 0 saturated carbocycles. The number of hydrogen-bond donors (Lipinski definition) is 2. The molecule has 2 N–H and O–H groups in total. The summed E-state index contributed by atoms with van der Waals surface area (Å²) in [6, 6.07) is 13.2. The number of benzene rings is 2. The molecule has 11 heteroatoms. The molecule has 4 nitrogen and oxygen atoms in total. The maximum atomic E-state index is 13.7. The van der Waals surface area contributed by atoms with Crippen LogP contribution in [0.5, 0.6) is 11.5 Å². The van der Waals surface area contributed by atoms with Crippen molar-refractivity contribution in [3.63, 3.8) is 0 Å². The van der Waals surface area contributed by atoms with E-state index in [-0.39, 0.29) is 32.6 Å². The summed E-state index contributed by atoms with van der Waals surface area (Å²) in [5.74, 6) is -4.49. The van der Waals surface area contributed by atoms with E-state index in [9.17, 15) is 17.6 Å². The molecule has 0 spiro atoms. The topological polar surface area (TPSA) is 58.9 Å². The molecule has 0 bridgehead atoms. The van der Waals surface area contributed by atoms with E-state index >= 15 is 0 Å². The molecule has 2 heterocycles. The number of rotatable bonds is 6. The summed E-state index contributed by atoms with van der Waals surface area (Å²) in [7, 11) is -2.03. The van der Waals surface area contributed by atoms with Gasteiger partial charge in [0.15, 0.2) is 17.4 Å². The number of halogens is 4. The van der Waals surface area contributed by atoms with Crippen LogP contribution in [0.4, 0.5) is 17.6 Å². The van der Waals surface area contributed by atoms with Crippen LogP contribution in [0.25, 0.3) is 10.0 Å².